The summed E-state index contributed by atoms with van der Waals surface area (Å²) in [7, 11) is 0. The SMILES string of the molecule is Fc1ccc(Cn2cc(CNCC3CC3)nn2)c(Br)c1. The topological polar surface area (TPSA) is 42.7 Å². The molecular weight excluding hydrogens is 323 g/mol. The van der Waals surface area contributed by atoms with Crippen LogP contribution in [0.4, 0.5) is 4.39 Å². The largest absolute Gasteiger partial charge is 0.311 e. The lowest BCUT2D eigenvalue weighted by molar-refractivity contribution is 0.618. The van der Waals surface area contributed by atoms with Crippen LogP contribution in [0.25, 0.3) is 0 Å². The van der Waals surface area contributed by atoms with E-state index >= 15 is 0 Å². The van der Waals surface area contributed by atoms with E-state index in [4.69, 9.17) is 0 Å². The van der Waals surface area contributed by atoms with Gasteiger partial charge >= 0.3 is 0 Å². The van der Waals surface area contributed by atoms with E-state index in [0.29, 0.717) is 6.54 Å². The van der Waals surface area contributed by atoms with Crippen LogP contribution < -0.4 is 5.32 Å². The first-order valence-corrected chi connectivity index (χ1v) is 7.53. The number of rotatable bonds is 6. The monoisotopic (exact) mass is 338 g/mol. The molecule has 1 N–H and O–H groups in total. The standard InChI is InChI=1S/C14H16BrFN4/c15-14-5-12(16)4-3-11(14)8-20-9-13(18-19-20)7-17-6-10-1-2-10/h3-5,9-10,17H,1-2,6-8H2. The van der Waals surface area contributed by atoms with Crippen LogP contribution in [0, 0.1) is 11.7 Å². The smallest absolute Gasteiger partial charge is 0.124 e. The summed E-state index contributed by atoms with van der Waals surface area (Å²) in [5, 5.41) is 11.6. The Hall–Kier alpha value is -1.27. The van der Waals surface area contributed by atoms with Crippen molar-refractivity contribution in [2.75, 3.05) is 6.54 Å². The van der Waals surface area contributed by atoms with Crippen LogP contribution in [0.2, 0.25) is 0 Å². The van der Waals surface area contributed by atoms with Crippen molar-refractivity contribution in [2.45, 2.75) is 25.9 Å². The molecule has 1 saturated carbocycles. The third-order valence-corrected chi connectivity index (χ3v) is 4.11. The van der Waals surface area contributed by atoms with Crippen LogP contribution in [-0.4, -0.2) is 21.5 Å². The minimum atomic E-state index is -0.246. The minimum Gasteiger partial charge on any atom is -0.311 e. The Kier molecular flexibility index (Phi) is 4.12. The van der Waals surface area contributed by atoms with E-state index in [1.807, 2.05) is 6.20 Å². The maximum atomic E-state index is 13.0. The van der Waals surface area contributed by atoms with E-state index in [1.54, 1.807) is 10.7 Å². The van der Waals surface area contributed by atoms with E-state index in [2.05, 4.69) is 31.6 Å². The Morgan fingerprint density at radius 1 is 1.40 bits per heavy atom. The Labute approximate surface area is 125 Å². The molecule has 0 aliphatic heterocycles. The molecule has 0 saturated heterocycles. The van der Waals surface area contributed by atoms with E-state index < -0.39 is 0 Å². The molecule has 0 radical (unpaired) electrons. The van der Waals surface area contributed by atoms with Gasteiger partial charge in [-0.1, -0.05) is 27.2 Å². The van der Waals surface area contributed by atoms with Gasteiger partial charge in [0.1, 0.15) is 5.82 Å². The van der Waals surface area contributed by atoms with Gasteiger partial charge in [0.15, 0.2) is 0 Å². The molecule has 0 atom stereocenters. The summed E-state index contributed by atoms with van der Waals surface area (Å²) >= 11 is 3.36. The summed E-state index contributed by atoms with van der Waals surface area (Å²) in [6.45, 7) is 2.40. The molecule has 4 nitrogen and oxygen atoms in total. The third-order valence-electron chi connectivity index (χ3n) is 3.37. The summed E-state index contributed by atoms with van der Waals surface area (Å²) in [6.07, 6.45) is 4.62. The number of hydrogen-bond acceptors (Lipinski definition) is 3. The van der Waals surface area contributed by atoms with Crippen molar-refractivity contribution >= 4 is 15.9 Å². The van der Waals surface area contributed by atoms with Crippen LogP contribution in [0.3, 0.4) is 0 Å². The molecule has 0 spiro atoms. The van der Waals surface area contributed by atoms with Gasteiger partial charge < -0.3 is 5.32 Å². The number of hydrogen-bond donors (Lipinski definition) is 1. The molecular formula is C14H16BrFN4. The molecule has 106 valence electrons. The van der Waals surface area contributed by atoms with E-state index in [0.717, 1.165) is 34.7 Å². The van der Waals surface area contributed by atoms with Crippen LogP contribution in [-0.2, 0) is 13.1 Å². The maximum Gasteiger partial charge on any atom is 0.124 e. The summed E-state index contributed by atoms with van der Waals surface area (Å²) in [5.74, 6) is 0.615. The van der Waals surface area contributed by atoms with Gasteiger partial charge in [0.25, 0.3) is 0 Å². The minimum absolute atomic E-state index is 0.246. The molecule has 1 aromatic carbocycles. The van der Waals surface area contributed by atoms with Gasteiger partial charge in [0.05, 0.1) is 18.4 Å². The number of benzene rings is 1. The van der Waals surface area contributed by atoms with Gasteiger partial charge in [-0.15, -0.1) is 5.10 Å². The molecule has 1 aliphatic carbocycles. The number of aromatic nitrogens is 3. The summed E-state index contributed by atoms with van der Waals surface area (Å²) in [4.78, 5) is 0. The van der Waals surface area contributed by atoms with Crippen molar-refractivity contribution in [3.8, 4) is 0 Å². The average Bonchev–Trinajstić information content (AvgIpc) is 3.12. The second-order valence-corrected chi connectivity index (χ2v) is 6.07. The fourth-order valence-electron chi connectivity index (χ4n) is 2.05. The predicted molar refractivity (Wildman–Crippen MR) is 77.7 cm³/mol. The molecule has 20 heavy (non-hydrogen) atoms. The number of halogens is 2. The third kappa shape index (κ3) is 3.64. The molecule has 6 heteroatoms. The van der Waals surface area contributed by atoms with Crippen LogP contribution in [0.1, 0.15) is 24.1 Å². The van der Waals surface area contributed by atoms with Crippen molar-refractivity contribution < 1.29 is 4.39 Å². The molecule has 0 bridgehead atoms. The molecule has 1 aromatic heterocycles. The van der Waals surface area contributed by atoms with Gasteiger partial charge in [0, 0.05) is 11.0 Å². The lowest BCUT2D eigenvalue weighted by Gasteiger charge is -2.04. The Morgan fingerprint density at radius 3 is 3.00 bits per heavy atom. The van der Waals surface area contributed by atoms with Crippen molar-refractivity contribution in [3.63, 3.8) is 0 Å². The van der Waals surface area contributed by atoms with E-state index in [-0.39, 0.29) is 5.82 Å². The quantitative estimate of drug-likeness (QED) is 0.880. The summed E-state index contributed by atoms with van der Waals surface area (Å²) in [5.41, 5.74) is 1.91. The van der Waals surface area contributed by atoms with Crippen molar-refractivity contribution in [2.24, 2.45) is 5.92 Å². The van der Waals surface area contributed by atoms with Crippen LogP contribution in [0.5, 0.6) is 0 Å². The zero-order chi connectivity index (χ0) is 13.9. The number of nitrogens with zero attached hydrogens (tertiary/aromatic N) is 3. The second kappa shape index (κ2) is 6.01. The van der Waals surface area contributed by atoms with Gasteiger partial charge in [-0.2, -0.15) is 0 Å². The molecule has 1 heterocycles. The van der Waals surface area contributed by atoms with E-state index in [9.17, 15) is 4.39 Å². The van der Waals surface area contributed by atoms with Crippen molar-refractivity contribution in [3.05, 3.63) is 45.9 Å². The fourth-order valence-corrected chi connectivity index (χ4v) is 2.52. The first-order valence-electron chi connectivity index (χ1n) is 6.74. The number of nitrogens with one attached hydrogen (secondary N) is 1. The van der Waals surface area contributed by atoms with Crippen molar-refractivity contribution in [1.29, 1.82) is 0 Å². The fraction of sp³-hybridized carbons (Fsp3) is 0.429. The zero-order valence-corrected chi connectivity index (χ0v) is 12.6. The molecule has 0 amide bonds. The average molecular weight is 339 g/mol. The molecule has 1 aliphatic rings. The lowest BCUT2D eigenvalue weighted by atomic mass is 10.2. The highest BCUT2D eigenvalue weighted by atomic mass is 79.9. The highest BCUT2D eigenvalue weighted by molar-refractivity contribution is 9.10. The first-order chi connectivity index (χ1) is 9.70. The highest BCUT2D eigenvalue weighted by Crippen LogP contribution is 2.27. The van der Waals surface area contributed by atoms with Gasteiger partial charge in [-0.3, -0.25) is 0 Å². The zero-order valence-electron chi connectivity index (χ0n) is 11.0. The van der Waals surface area contributed by atoms with Crippen molar-refractivity contribution in [1.82, 2.24) is 20.3 Å². The Morgan fingerprint density at radius 2 is 2.25 bits per heavy atom. The molecule has 0 unspecified atom stereocenters. The van der Waals surface area contributed by atoms with E-state index in [1.165, 1.54) is 25.0 Å². The summed E-state index contributed by atoms with van der Waals surface area (Å²) in [6, 6.07) is 4.67. The lowest BCUT2D eigenvalue weighted by Crippen LogP contribution is -2.16. The maximum absolute atomic E-state index is 13.0. The van der Waals surface area contributed by atoms with Gasteiger partial charge in [-0.05, 0) is 43.0 Å². The van der Waals surface area contributed by atoms with Gasteiger partial charge in [0.2, 0.25) is 0 Å². The van der Waals surface area contributed by atoms with Crippen LogP contribution in [0.15, 0.2) is 28.9 Å². The Bertz CT molecular complexity index is 595. The molecule has 1 fully saturated rings. The first kappa shape index (κ1) is 13.7. The second-order valence-electron chi connectivity index (χ2n) is 5.22. The molecule has 3 rings (SSSR count). The Balaban J connectivity index is 1.58. The van der Waals surface area contributed by atoms with Gasteiger partial charge in [-0.25, -0.2) is 9.07 Å². The highest BCUT2D eigenvalue weighted by Gasteiger charge is 2.20. The normalized spacial score (nSPS) is 14.7. The van der Waals surface area contributed by atoms with Crippen LogP contribution >= 0.6 is 15.9 Å². The molecule has 2 aromatic rings. The predicted octanol–water partition coefficient (Wildman–Crippen LogP) is 2.73. The summed E-state index contributed by atoms with van der Waals surface area (Å²) < 4.78 is 15.5.